The number of esters is 1. The smallest absolute Gasteiger partial charge is 0.338 e. The predicted molar refractivity (Wildman–Crippen MR) is 136 cm³/mol. The van der Waals surface area contributed by atoms with Crippen molar-refractivity contribution < 1.29 is 23.8 Å². The van der Waals surface area contributed by atoms with E-state index in [2.05, 4.69) is 4.99 Å². The van der Waals surface area contributed by atoms with Gasteiger partial charge in [0, 0.05) is 12.2 Å². The molecule has 1 amide bonds. The summed E-state index contributed by atoms with van der Waals surface area (Å²) in [4.78, 5) is 32.7. The minimum absolute atomic E-state index is 0.0716. The monoisotopic (exact) mass is 494 g/mol. The largest absolute Gasteiger partial charge is 0.490 e. The maximum absolute atomic E-state index is 13.4. The van der Waals surface area contributed by atoms with Gasteiger partial charge in [-0.05, 0) is 43.5 Å². The van der Waals surface area contributed by atoms with Gasteiger partial charge < -0.3 is 14.2 Å². The van der Waals surface area contributed by atoms with Crippen LogP contribution < -0.4 is 9.47 Å². The lowest BCUT2D eigenvalue weighted by atomic mass is 9.93. The minimum Gasteiger partial charge on any atom is -0.490 e. The molecule has 35 heavy (non-hydrogen) atoms. The minimum atomic E-state index is -0.662. The summed E-state index contributed by atoms with van der Waals surface area (Å²) < 4.78 is 17.4. The van der Waals surface area contributed by atoms with Crippen LogP contribution in [0.5, 0.6) is 11.5 Å². The fraction of sp³-hybridized carbons (Fsp3) is 0.370. The van der Waals surface area contributed by atoms with E-state index in [9.17, 15) is 9.59 Å². The van der Waals surface area contributed by atoms with Crippen LogP contribution in [0.2, 0.25) is 0 Å². The number of fused-ring (bicyclic) bond motifs is 1. The summed E-state index contributed by atoms with van der Waals surface area (Å²) in [5.74, 6) is 1.31. The number of benzene rings is 2. The molecule has 0 saturated carbocycles. The SMILES string of the molecule is CCCOc1ccc(C2C(C(=O)OCc3ccccc3)=C(C)N=C3SCCC(=O)N32)cc1OCC. The standard InChI is InChI=1S/C27H30N2O5S/c1-4-14-33-21-12-11-20(16-22(21)32-5-2)25-24(26(31)34-17-19-9-7-6-8-10-19)18(3)28-27-29(25)23(30)13-15-35-27/h6-12,16,25H,4-5,13-15,17H2,1-3H3. The van der Waals surface area contributed by atoms with Gasteiger partial charge in [0.25, 0.3) is 0 Å². The molecule has 0 N–H and O–H groups in total. The van der Waals surface area contributed by atoms with Crippen molar-refractivity contribution in [1.82, 2.24) is 4.90 Å². The Morgan fingerprint density at radius 3 is 2.66 bits per heavy atom. The van der Waals surface area contributed by atoms with E-state index in [1.807, 2.05) is 62.4 Å². The maximum atomic E-state index is 13.4. The first-order valence-corrected chi connectivity index (χ1v) is 12.9. The van der Waals surface area contributed by atoms with Crippen LogP contribution >= 0.6 is 11.8 Å². The van der Waals surface area contributed by atoms with Gasteiger partial charge in [0.1, 0.15) is 6.61 Å². The summed E-state index contributed by atoms with van der Waals surface area (Å²) in [6.07, 6.45) is 1.25. The molecule has 2 aromatic rings. The predicted octanol–water partition coefficient (Wildman–Crippen LogP) is 5.27. The van der Waals surface area contributed by atoms with Crippen LogP contribution in [-0.2, 0) is 20.9 Å². The second-order valence-electron chi connectivity index (χ2n) is 8.21. The lowest BCUT2D eigenvalue weighted by Gasteiger charge is -2.39. The summed E-state index contributed by atoms with van der Waals surface area (Å²) in [7, 11) is 0. The topological polar surface area (TPSA) is 77.4 Å². The molecule has 0 spiro atoms. The average Bonchev–Trinajstić information content (AvgIpc) is 2.86. The van der Waals surface area contributed by atoms with Crippen molar-refractivity contribution >= 4 is 28.8 Å². The van der Waals surface area contributed by atoms with E-state index in [1.54, 1.807) is 11.8 Å². The van der Waals surface area contributed by atoms with E-state index in [1.165, 1.54) is 11.8 Å². The Labute approximate surface area is 210 Å². The Morgan fingerprint density at radius 1 is 1.11 bits per heavy atom. The van der Waals surface area contributed by atoms with Crippen molar-refractivity contribution in [2.75, 3.05) is 19.0 Å². The summed E-state index contributed by atoms with van der Waals surface area (Å²) >= 11 is 1.52. The number of rotatable bonds is 9. The molecule has 0 radical (unpaired) electrons. The van der Waals surface area contributed by atoms with Gasteiger partial charge in [0.2, 0.25) is 5.91 Å². The summed E-state index contributed by atoms with van der Waals surface area (Å²) in [5.41, 5.74) is 2.53. The van der Waals surface area contributed by atoms with E-state index in [4.69, 9.17) is 14.2 Å². The normalized spacial score (nSPS) is 17.6. The van der Waals surface area contributed by atoms with Gasteiger partial charge in [0.15, 0.2) is 16.7 Å². The molecule has 184 valence electrons. The fourth-order valence-corrected chi connectivity index (χ4v) is 5.07. The van der Waals surface area contributed by atoms with Gasteiger partial charge in [-0.2, -0.15) is 0 Å². The molecular weight excluding hydrogens is 464 g/mol. The number of carbonyl (C=O) groups excluding carboxylic acids is 2. The van der Waals surface area contributed by atoms with Gasteiger partial charge in [-0.25, -0.2) is 9.79 Å². The molecule has 1 unspecified atom stereocenters. The van der Waals surface area contributed by atoms with Crippen LogP contribution in [0.3, 0.4) is 0 Å². The molecule has 7 nitrogen and oxygen atoms in total. The number of allylic oxidation sites excluding steroid dienone is 1. The van der Waals surface area contributed by atoms with E-state index >= 15 is 0 Å². The van der Waals surface area contributed by atoms with Gasteiger partial charge >= 0.3 is 5.97 Å². The van der Waals surface area contributed by atoms with Crippen LogP contribution in [0.15, 0.2) is 64.8 Å². The third kappa shape index (κ3) is 5.53. The Kier molecular flexibility index (Phi) is 8.13. The van der Waals surface area contributed by atoms with Gasteiger partial charge in [-0.3, -0.25) is 9.69 Å². The summed E-state index contributed by atoms with van der Waals surface area (Å²) in [6.45, 7) is 6.90. The molecule has 8 heteroatoms. The number of nitrogens with zero attached hydrogens (tertiary/aromatic N) is 2. The molecule has 2 heterocycles. The van der Waals surface area contributed by atoms with Gasteiger partial charge in [0.05, 0.1) is 30.5 Å². The highest BCUT2D eigenvalue weighted by Gasteiger charge is 2.42. The highest BCUT2D eigenvalue weighted by Crippen LogP contribution is 2.42. The molecule has 2 aromatic carbocycles. The Morgan fingerprint density at radius 2 is 1.91 bits per heavy atom. The first-order valence-electron chi connectivity index (χ1n) is 11.9. The number of amidine groups is 1. The zero-order valence-electron chi connectivity index (χ0n) is 20.3. The van der Waals surface area contributed by atoms with Gasteiger partial charge in [-0.1, -0.05) is 55.1 Å². The first kappa shape index (κ1) is 24.9. The van der Waals surface area contributed by atoms with Crippen LogP contribution in [0.25, 0.3) is 0 Å². The Hall–Kier alpha value is -3.26. The third-order valence-electron chi connectivity index (χ3n) is 5.68. The molecular formula is C27H30N2O5S. The zero-order chi connectivity index (χ0) is 24.8. The molecule has 1 atom stereocenters. The first-order chi connectivity index (χ1) is 17.0. The van der Waals surface area contributed by atoms with E-state index in [-0.39, 0.29) is 12.5 Å². The number of aliphatic imine (C=N–C) groups is 1. The maximum Gasteiger partial charge on any atom is 0.338 e. The number of carbonyl (C=O) groups is 2. The van der Waals surface area contributed by atoms with Crippen molar-refractivity contribution in [3.05, 3.63) is 70.9 Å². The molecule has 2 aliphatic rings. The van der Waals surface area contributed by atoms with E-state index < -0.39 is 12.0 Å². The van der Waals surface area contributed by atoms with Crippen LogP contribution in [0.1, 0.15) is 50.8 Å². The second-order valence-corrected chi connectivity index (χ2v) is 9.27. The molecule has 4 rings (SSSR count). The lowest BCUT2D eigenvalue weighted by Crippen LogP contribution is -2.45. The number of amides is 1. The fourth-order valence-electron chi connectivity index (χ4n) is 4.07. The Balaban J connectivity index is 1.73. The number of ether oxygens (including phenoxy) is 3. The molecule has 2 aliphatic heterocycles. The molecule has 0 aromatic heterocycles. The number of hydrogen-bond acceptors (Lipinski definition) is 7. The lowest BCUT2D eigenvalue weighted by molar-refractivity contribution is -0.141. The van der Waals surface area contributed by atoms with Crippen molar-refractivity contribution in [1.29, 1.82) is 0 Å². The number of thioether (sulfide) groups is 1. The van der Waals surface area contributed by atoms with Crippen LogP contribution in [-0.4, -0.2) is 40.9 Å². The van der Waals surface area contributed by atoms with Crippen molar-refractivity contribution in [3.8, 4) is 11.5 Å². The zero-order valence-corrected chi connectivity index (χ0v) is 21.1. The third-order valence-corrected chi connectivity index (χ3v) is 6.64. The van der Waals surface area contributed by atoms with E-state index in [0.717, 1.165) is 17.5 Å². The average molecular weight is 495 g/mol. The summed E-state index contributed by atoms with van der Waals surface area (Å²) in [6, 6.07) is 14.4. The van der Waals surface area contributed by atoms with Crippen LogP contribution in [0, 0.1) is 0 Å². The van der Waals surface area contributed by atoms with Crippen molar-refractivity contribution in [3.63, 3.8) is 0 Å². The molecule has 0 bridgehead atoms. The quantitative estimate of drug-likeness (QED) is 0.442. The molecule has 1 fully saturated rings. The number of hydrogen-bond donors (Lipinski definition) is 0. The summed E-state index contributed by atoms with van der Waals surface area (Å²) in [5, 5.41) is 0.604. The van der Waals surface area contributed by atoms with Gasteiger partial charge in [-0.15, -0.1) is 0 Å². The molecule has 1 saturated heterocycles. The second kappa shape index (κ2) is 11.4. The molecule has 0 aliphatic carbocycles. The van der Waals surface area contributed by atoms with Crippen molar-refractivity contribution in [2.45, 2.75) is 46.3 Å². The van der Waals surface area contributed by atoms with E-state index in [0.29, 0.717) is 53.3 Å². The van der Waals surface area contributed by atoms with Crippen molar-refractivity contribution in [2.24, 2.45) is 4.99 Å². The highest BCUT2D eigenvalue weighted by molar-refractivity contribution is 8.14. The Bertz CT molecular complexity index is 1150. The van der Waals surface area contributed by atoms with Crippen LogP contribution in [0.4, 0.5) is 0 Å². The highest BCUT2D eigenvalue weighted by atomic mass is 32.2.